The molecule has 0 aromatic heterocycles. The second-order valence-corrected chi connectivity index (χ2v) is 7.56. The van der Waals surface area contributed by atoms with Crippen LogP contribution in [0, 0.1) is 5.92 Å². The van der Waals surface area contributed by atoms with Crippen LogP contribution in [-0.2, 0) is 9.53 Å². The molecule has 2 aliphatic heterocycles. The lowest BCUT2D eigenvalue weighted by molar-refractivity contribution is -0.135. The maximum Gasteiger partial charge on any atom is 0.222 e. The zero-order valence-corrected chi connectivity index (χ0v) is 14.4. The standard InChI is InChI=1S/C18H33N3O2/c19-17-5-3-4-15(17)14-18(22)21-10-6-16(7-11-21)23-13-12-20-8-1-2-9-20/h15-17H,1-14,19H2/t15-,17+/m0/s1. The molecule has 1 amide bonds. The summed E-state index contributed by atoms with van der Waals surface area (Å²) in [6, 6.07) is 0.241. The summed E-state index contributed by atoms with van der Waals surface area (Å²) in [4.78, 5) is 16.9. The fourth-order valence-corrected chi connectivity index (χ4v) is 4.30. The van der Waals surface area contributed by atoms with Gasteiger partial charge in [-0.25, -0.2) is 0 Å². The summed E-state index contributed by atoms with van der Waals surface area (Å²) in [7, 11) is 0. The first-order valence-electron chi connectivity index (χ1n) is 9.59. The fourth-order valence-electron chi connectivity index (χ4n) is 4.30. The monoisotopic (exact) mass is 323 g/mol. The van der Waals surface area contributed by atoms with E-state index in [2.05, 4.69) is 4.90 Å². The highest BCUT2D eigenvalue weighted by atomic mass is 16.5. The van der Waals surface area contributed by atoms with Gasteiger partial charge >= 0.3 is 0 Å². The predicted octanol–water partition coefficient (Wildman–Crippen LogP) is 1.61. The largest absolute Gasteiger partial charge is 0.377 e. The second kappa shape index (κ2) is 8.45. The van der Waals surface area contributed by atoms with E-state index in [1.165, 1.54) is 32.4 Å². The Bertz CT molecular complexity index is 376. The summed E-state index contributed by atoms with van der Waals surface area (Å²) in [5.74, 6) is 0.722. The molecular formula is C18H33N3O2. The lowest BCUT2D eigenvalue weighted by Crippen LogP contribution is -2.42. The van der Waals surface area contributed by atoms with Crippen molar-refractivity contribution in [2.45, 2.75) is 63.5 Å². The Balaban J connectivity index is 1.30. The number of hydrogen-bond donors (Lipinski definition) is 1. The molecule has 3 fully saturated rings. The maximum atomic E-state index is 12.4. The van der Waals surface area contributed by atoms with Crippen molar-refractivity contribution in [3.05, 3.63) is 0 Å². The number of likely N-dealkylation sites (tertiary alicyclic amines) is 2. The molecule has 5 nitrogen and oxygen atoms in total. The lowest BCUT2D eigenvalue weighted by atomic mass is 9.98. The molecule has 2 N–H and O–H groups in total. The summed E-state index contributed by atoms with van der Waals surface area (Å²) in [6.07, 6.45) is 9.05. The highest BCUT2D eigenvalue weighted by Gasteiger charge is 2.29. The molecular weight excluding hydrogens is 290 g/mol. The smallest absolute Gasteiger partial charge is 0.222 e. The molecule has 2 saturated heterocycles. The van der Waals surface area contributed by atoms with E-state index in [4.69, 9.17) is 10.5 Å². The average molecular weight is 323 g/mol. The molecule has 0 aromatic rings. The van der Waals surface area contributed by atoms with Crippen LogP contribution in [0.25, 0.3) is 0 Å². The maximum absolute atomic E-state index is 12.4. The quantitative estimate of drug-likeness (QED) is 0.807. The zero-order valence-electron chi connectivity index (χ0n) is 14.4. The molecule has 2 atom stereocenters. The van der Waals surface area contributed by atoms with Gasteiger partial charge < -0.3 is 20.3 Å². The molecule has 5 heteroatoms. The summed E-state index contributed by atoms with van der Waals surface area (Å²) < 4.78 is 6.02. The van der Waals surface area contributed by atoms with E-state index < -0.39 is 0 Å². The molecule has 0 bridgehead atoms. The number of hydrogen-bond acceptors (Lipinski definition) is 4. The predicted molar refractivity (Wildman–Crippen MR) is 91.2 cm³/mol. The van der Waals surface area contributed by atoms with E-state index in [1.54, 1.807) is 0 Å². The molecule has 0 spiro atoms. The Hall–Kier alpha value is -0.650. The number of nitrogens with zero attached hydrogens (tertiary/aromatic N) is 2. The highest BCUT2D eigenvalue weighted by Crippen LogP contribution is 2.28. The van der Waals surface area contributed by atoms with Crippen molar-refractivity contribution in [1.29, 1.82) is 0 Å². The molecule has 3 rings (SSSR count). The Morgan fingerprint density at radius 3 is 2.39 bits per heavy atom. The van der Waals surface area contributed by atoms with E-state index in [-0.39, 0.29) is 6.04 Å². The van der Waals surface area contributed by atoms with Crippen LogP contribution in [0.2, 0.25) is 0 Å². The summed E-state index contributed by atoms with van der Waals surface area (Å²) >= 11 is 0. The third-order valence-corrected chi connectivity index (χ3v) is 5.91. The van der Waals surface area contributed by atoms with Crippen LogP contribution < -0.4 is 5.73 Å². The van der Waals surface area contributed by atoms with Gasteiger partial charge in [0.05, 0.1) is 12.7 Å². The minimum atomic E-state index is 0.241. The van der Waals surface area contributed by atoms with Gasteiger partial charge in [-0.1, -0.05) is 6.42 Å². The van der Waals surface area contributed by atoms with E-state index >= 15 is 0 Å². The number of piperidine rings is 1. The topological polar surface area (TPSA) is 58.8 Å². The highest BCUT2D eigenvalue weighted by molar-refractivity contribution is 5.76. The second-order valence-electron chi connectivity index (χ2n) is 7.56. The van der Waals surface area contributed by atoms with Gasteiger partial charge in [-0.15, -0.1) is 0 Å². The van der Waals surface area contributed by atoms with Crippen LogP contribution in [0.4, 0.5) is 0 Å². The fraction of sp³-hybridized carbons (Fsp3) is 0.944. The Morgan fingerprint density at radius 1 is 1.00 bits per heavy atom. The van der Waals surface area contributed by atoms with E-state index in [0.717, 1.165) is 51.9 Å². The zero-order chi connectivity index (χ0) is 16.1. The van der Waals surface area contributed by atoms with Gasteiger partial charge in [0.1, 0.15) is 0 Å². The van der Waals surface area contributed by atoms with Crippen LogP contribution in [0.5, 0.6) is 0 Å². The third kappa shape index (κ3) is 4.91. The van der Waals surface area contributed by atoms with Gasteiger partial charge in [0, 0.05) is 32.1 Å². The van der Waals surface area contributed by atoms with Crippen molar-refractivity contribution in [1.82, 2.24) is 9.80 Å². The number of carbonyl (C=O) groups is 1. The Morgan fingerprint density at radius 2 is 1.74 bits per heavy atom. The molecule has 0 unspecified atom stereocenters. The first-order chi connectivity index (χ1) is 11.2. The molecule has 23 heavy (non-hydrogen) atoms. The number of amides is 1. The Kier molecular flexibility index (Phi) is 6.31. The van der Waals surface area contributed by atoms with Crippen LogP contribution >= 0.6 is 0 Å². The Labute approximate surface area is 140 Å². The van der Waals surface area contributed by atoms with Crippen molar-refractivity contribution in [2.24, 2.45) is 11.7 Å². The average Bonchev–Trinajstić information content (AvgIpc) is 3.21. The molecule has 1 saturated carbocycles. The summed E-state index contributed by atoms with van der Waals surface area (Å²) in [5, 5.41) is 0. The van der Waals surface area contributed by atoms with Crippen molar-refractivity contribution in [3.63, 3.8) is 0 Å². The molecule has 3 aliphatic rings. The van der Waals surface area contributed by atoms with Gasteiger partial charge in [0.15, 0.2) is 0 Å². The number of rotatable bonds is 6. The summed E-state index contributed by atoms with van der Waals surface area (Å²) in [6.45, 7) is 6.10. The van der Waals surface area contributed by atoms with Crippen LogP contribution in [0.1, 0.15) is 51.4 Å². The van der Waals surface area contributed by atoms with Gasteiger partial charge in [-0.3, -0.25) is 4.79 Å². The molecule has 1 aliphatic carbocycles. The number of nitrogens with two attached hydrogens (primary N) is 1. The summed E-state index contributed by atoms with van der Waals surface area (Å²) in [5.41, 5.74) is 6.09. The minimum Gasteiger partial charge on any atom is -0.377 e. The normalized spacial score (nSPS) is 30.2. The SMILES string of the molecule is N[C@@H]1CCC[C@H]1CC(=O)N1CCC(OCCN2CCCC2)CC1. The van der Waals surface area contributed by atoms with Gasteiger partial charge in [0.25, 0.3) is 0 Å². The van der Waals surface area contributed by atoms with Crippen molar-refractivity contribution >= 4 is 5.91 Å². The van der Waals surface area contributed by atoms with Crippen molar-refractivity contribution in [2.75, 3.05) is 39.3 Å². The van der Waals surface area contributed by atoms with Crippen LogP contribution in [0.15, 0.2) is 0 Å². The lowest BCUT2D eigenvalue weighted by Gasteiger charge is -2.33. The first-order valence-corrected chi connectivity index (χ1v) is 9.59. The first kappa shape index (κ1) is 17.2. The molecule has 132 valence electrons. The van der Waals surface area contributed by atoms with Gasteiger partial charge in [0.2, 0.25) is 5.91 Å². The minimum absolute atomic E-state index is 0.241. The van der Waals surface area contributed by atoms with E-state index in [0.29, 0.717) is 24.3 Å². The van der Waals surface area contributed by atoms with Crippen molar-refractivity contribution < 1.29 is 9.53 Å². The van der Waals surface area contributed by atoms with Gasteiger partial charge in [-0.2, -0.15) is 0 Å². The van der Waals surface area contributed by atoms with E-state index in [1.807, 2.05) is 4.90 Å². The van der Waals surface area contributed by atoms with Crippen LogP contribution in [0.3, 0.4) is 0 Å². The van der Waals surface area contributed by atoms with Crippen molar-refractivity contribution in [3.8, 4) is 0 Å². The molecule has 0 radical (unpaired) electrons. The number of ether oxygens (including phenoxy) is 1. The van der Waals surface area contributed by atoms with E-state index in [9.17, 15) is 4.79 Å². The van der Waals surface area contributed by atoms with Gasteiger partial charge in [-0.05, 0) is 57.5 Å². The molecule has 2 heterocycles. The van der Waals surface area contributed by atoms with Crippen LogP contribution in [-0.4, -0.2) is 67.2 Å². The molecule has 0 aromatic carbocycles. The third-order valence-electron chi connectivity index (χ3n) is 5.91. The number of carbonyl (C=O) groups excluding carboxylic acids is 1.